The fraction of sp³-hybridized carbons (Fsp3) is 0.333. The zero-order valence-electron chi connectivity index (χ0n) is 11.4. The largest absolute Gasteiger partial charge is 0.469 e. The molecule has 2 aromatic rings. The molecule has 1 N–H and O–H groups in total. The lowest BCUT2D eigenvalue weighted by atomic mass is 10.2. The first-order valence-corrected chi connectivity index (χ1v) is 6.49. The number of rotatable bonds is 6. The van der Waals surface area contributed by atoms with Crippen LogP contribution in [-0.2, 0) is 0 Å². The van der Waals surface area contributed by atoms with Crippen LogP contribution in [0.25, 0.3) is 0 Å². The highest BCUT2D eigenvalue weighted by molar-refractivity contribution is 6.30. The van der Waals surface area contributed by atoms with Crippen LogP contribution in [0.1, 0.15) is 12.6 Å². The minimum atomic E-state index is -0.495. The van der Waals surface area contributed by atoms with Crippen molar-refractivity contribution in [1.82, 2.24) is 10.3 Å². The third-order valence-corrected chi connectivity index (χ3v) is 2.90. The van der Waals surface area contributed by atoms with E-state index >= 15 is 0 Å². The van der Waals surface area contributed by atoms with Gasteiger partial charge in [0.1, 0.15) is 17.5 Å². The third-order valence-electron chi connectivity index (χ3n) is 2.66. The molecule has 9 heteroatoms. The van der Waals surface area contributed by atoms with Gasteiger partial charge in [0.05, 0.1) is 11.5 Å². The Balaban J connectivity index is 2.00. The molecule has 1 aromatic carbocycles. The molecule has 0 saturated heterocycles. The maximum Gasteiger partial charge on any atom is 0.293 e. The molecule has 0 bridgehead atoms. The summed E-state index contributed by atoms with van der Waals surface area (Å²) in [6.45, 7) is 3.84. The van der Waals surface area contributed by atoms with E-state index in [9.17, 15) is 10.1 Å². The Kier molecular flexibility index (Phi) is 4.59. The minimum Gasteiger partial charge on any atom is -0.469 e. The second kappa shape index (κ2) is 6.40. The Morgan fingerprint density at radius 2 is 2.29 bits per heavy atom. The van der Waals surface area contributed by atoms with Gasteiger partial charge in [-0.05, 0) is 31.1 Å². The number of halogens is 1. The molecule has 1 aromatic heterocycles. The highest BCUT2D eigenvalue weighted by Gasteiger charge is 2.16. The van der Waals surface area contributed by atoms with E-state index in [1.807, 2.05) is 0 Å². The molecule has 2 rings (SSSR count). The zero-order valence-corrected chi connectivity index (χ0v) is 12.1. The van der Waals surface area contributed by atoms with Gasteiger partial charge in [-0.1, -0.05) is 16.8 Å². The van der Waals surface area contributed by atoms with Gasteiger partial charge in [-0.25, -0.2) is 4.63 Å². The van der Waals surface area contributed by atoms with Crippen molar-refractivity contribution < 1.29 is 14.3 Å². The van der Waals surface area contributed by atoms with Crippen LogP contribution in [0.15, 0.2) is 22.8 Å². The molecule has 0 aliphatic rings. The number of nitro benzene ring substituents is 1. The van der Waals surface area contributed by atoms with Gasteiger partial charge in [0.15, 0.2) is 0 Å². The number of hydrogen-bond donors (Lipinski definition) is 1. The van der Waals surface area contributed by atoms with Crippen molar-refractivity contribution in [3.05, 3.63) is 39.0 Å². The van der Waals surface area contributed by atoms with Crippen LogP contribution in [0, 0.1) is 17.0 Å². The van der Waals surface area contributed by atoms with Crippen molar-refractivity contribution in [1.29, 1.82) is 0 Å². The highest BCUT2D eigenvalue weighted by atomic mass is 35.5. The van der Waals surface area contributed by atoms with Gasteiger partial charge in [-0.15, -0.1) is 0 Å². The lowest BCUT2D eigenvalue weighted by Gasteiger charge is -2.14. The standard InChI is InChI=1S/C12H13ClN4O4/c1-7(20-12-8(2)15-21-16-12)6-14-10-4-3-9(13)5-11(10)17(18)19/h3-5,7,14H,6H2,1-2H3/t7-/m0/s1. The van der Waals surface area contributed by atoms with Gasteiger partial charge in [0, 0.05) is 11.1 Å². The Morgan fingerprint density at radius 3 is 2.90 bits per heavy atom. The molecule has 112 valence electrons. The summed E-state index contributed by atoms with van der Waals surface area (Å²) >= 11 is 5.75. The van der Waals surface area contributed by atoms with Crippen LogP contribution in [0.4, 0.5) is 11.4 Å². The molecule has 0 spiro atoms. The van der Waals surface area contributed by atoms with Crippen LogP contribution in [0.2, 0.25) is 5.02 Å². The van der Waals surface area contributed by atoms with Crippen LogP contribution in [0.3, 0.4) is 0 Å². The number of nitrogens with zero attached hydrogens (tertiary/aromatic N) is 3. The minimum absolute atomic E-state index is 0.0889. The molecular weight excluding hydrogens is 300 g/mol. The Bertz CT molecular complexity index is 646. The molecule has 1 atom stereocenters. The number of benzene rings is 1. The summed E-state index contributed by atoms with van der Waals surface area (Å²) in [6, 6.07) is 4.42. The van der Waals surface area contributed by atoms with Gasteiger partial charge in [0.2, 0.25) is 0 Å². The second-order valence-electron chi connectivity index (χ2n) is 4.38. The fourth-order valence-corrected chi connectivity index (χ4v) is 1.79. The fourth-order valence-electron chi connectivity index (χ4n) is 1.62. The third kappa shape index (κ3) is 3.82. The number of hydrogen-bond acceptors (Lipinski definition) is 7. The predicted octanol–water partition coefficient (Wildman–Crippen LogP) is 2.82. The highest BCUT2D eigenvalue weighted by Crippen LogP contribution is 2.27. The number of aryl methyl sites for hydroxylation is 1. The summed E-state index contributed by atoms with van der Waals surface area (Å²) in [6.07, 6.45) is -0.286. The quantitative estimate of drug-likeness (QED) is 0.646. The summed E-state index contributed by atoms with van der Waals surface area (Å²) in [5, 5.41) is 21.4. The molecule has 8 nitrogen and oxygen atoms in total. The molecule has 0 amide bonds. The van der Waals surface area contributed by atoms with E-state index in [0.29, 0.717) is 28.8 Å². The van der Waals surface area contributed by atoms with E-state index in [-0.39, 0.29) is 11.8 Å². The van der Waals surface area contributed by atoms with E-state index in [1.165, 1.54) is 6.07 Å². The number of anilines is 1. The molecule has 0 radical (unpaired) electrons. The van der Waals surface area contributed by atoms with Gasteiger partial charge < -0.3 is 10.1 Å². The zero-order chi connectivity index (χ0) is 15.4. The average molecular weight is 313 g/mol. The van der Waals surface area contributed by atoms with Crippen molar-refractivity contribution in [2.75, 3.05) is 11.9 Å². The van der Waals surface area contributed by atoms with Crippen LogP contribution in [0.5, 0.6) is 5.88 Å². The normalized spacial score (nSPS) is 12.0. The van der Waals surface area contributed by atoms with Crippen molar-refractivity contribution >= 4 is 23.0 Å². The molecule has 21 heavy (non-hydrogen) atoms. The summed E-state index contributed by atoms with van der Waals surface area (Å²) in [7, 11) is 0. The first-order valence-electron chi connectivity index (χ1n) is 6.11. The lowest BCUT2D eigenvalue weighted by Crippen LogP contribution is -2.23. The van der Waals surface area contributed by atoms with Gasteiger partial charge in [-0.3, -0.25) is 10.1 Å². The van der Waals surface area contributed by atoms with Crippen LogP contribution in [-0.4, -0.2) is 27.9 Å². The summed E-state index contributed by atoms with van der Waals surface area (Å²) < 4.78 is 10.0. The van der Waals surface area contributed by atoms with Gasteiger partial charge in [-0.2, -0.15) is 0 Å². The Hall–Kier alpha value is -2.35. The van der Waals surface area contributed by atoms with Gasteiger partial charge >= 0.3 is 0 Å². The van der Waals surface area contributed by atoms with E-state index in [0.717, 1.165) is 0 Å². The lowest BCUT2D eigenvalue weighted by molar-refractivity contribution is -0.383. The monoisotopic (exact) mass is 312 g/mol. The topological polar surface area (TPSA) is 103 Å². The van der Waals surface area contributed by atoms with Crippen molar-refractivity contribution in [3.63, 3.8) is 0 Å². The molecule has 0 aliphatic carbocycles. The van der Waals surface area contributed by atoms with Crippen LogP contribution >= 0.6 is 11.6 Å². The maximum absolute atomic E-state index is 11.0. The molecule has 0 unspecified atom stereocenters. The first kappa shape index (κ1) is 15.0. The van der Waals surface area contributed by atoms with E-state index < -0.39 is 4.92 Å². The number of aromatic nitrogens is 2. The molecule has 0 saturated carbocycles. The van der Waals surface area contributed by atoms with E-state index in [1.54, 1.807) is 26.0 Å². The van der Waals surface area contributed by atoms with E-state index in [4.69, 9.17) is 16.3 Å². The van der Waals surface area contributed by atoms with Crippen molar-refractivity contribution in [3.8, 4) is 5.88 Å². The van der Waals surface area contributed by atoms with E-state index in [2.05, 4.69) is 20.3 Å². The first-order chi connectivity index (χ1) is 9.97. The summed E-state index contributed by atoms with van der Waals surface area (Å²) in [5.41, 5.74) is 0.822. The van der Waals surface area contributed by atoms with Crippen LogP contribution < -0.4 is 10.1 Å². The smallest absolute Gasteiger partial charge is 0.293 e. The summed E-state index contributed by atoms with van der Waals surface area (Å²) in [4.78, 5) is 10.5. The number of nitro groups is 1. The maximum atomic E-state index is 11.0. The molecule has 0 fully saturated rings. The molecular formula is C12H13ClN4O4. The number of nitrogens with one attached hydrogen (secondary N) is 1. The van der Waals surface area contributed by atoms with Crippen molar-refractivity contribution in [2.45, 2.75) is 20.0 Å². The average Bonchev–Trinajstić information content (AvgIpc) is 2.82. The molecule has 1 heterocycles. The summed E-state index contributed by atoms with van der Waals surface area (Å²) in [5.74, 6) is 0.301. The number of ether oxygens (including phenoxy) is 1. The second-order valence-corrected chi connectivity index (χ2v) is 4.82. The Labute approximate surface area is 125 Å². The Morgan fingerprint density at radius 1 is 1.52 bits per heavy atom. The SMILES string of the molecule is Cc1nonc1O[C@@H](C)CNc1ccc(Cl)cc1[N+](=O)[O-]. The predicted molar refractivity (Wildman–Crippen MR) is 75.7 cm³/mol. The van der Waals surface area contributed by atoms with Crippen molar-refractivity contribution in [2.24, 2.45) is 0 Å². The van der Waals surface area contributed by atoms with Gasteiger partial charge in [0.25, 0.3) is 11.6 Å². The molecule has 0 aliphatic heterocycles.